The minimum atomic E-state index is -0.675. The number of nitrogens with one attached hydrogen (secondary N) is 2. The van der Waals surface area contributed by atoms with E-state index in [9.17, 15) is 14.7 Å². The van der Waals surface area contributed by atoms with Crippen molar-refractivity contribution in [3.05, 3.63) is 70.8 Å². The zero-order valence-corrected chi connectivity index (χ0v) is 19.1. The van der Waals surface area contributed by atoms with Crippen molar-refractivity contribution >= 4 is 11.8 Å². The summed E-state index contributed by atoms with van der Waals surface area (Å²) in [5.74, 6) is -0.299. The van der Waals surface area contributed by atoms with Gasteiger partial charge in [0.15, 0.2) is 0 Å². The topological polar surface area (TPSA) is 90.9 Å². The Kier molecular flexibility index (Phi) is 7.75. The molecule has 0 aromatic heterocycles. The Labute approximate surface area is 195 Å². The Balaban J connectivity index is 1.22. The average molecular weight is 452 g/mol. The standard InChI is InChI=1S/C26H33N3O4/c1-2-23-17-33-12-11-29(23)26(32)19-9-7-18(8-10-19)25(31)28-16-24(30)15-27-22-13-20-5-3-4-6-21(20)14-22/h3-10,22-24,27,30H,2,11-17H2,1H3,(H,28,31)/t23-,24?/m0/s1. The molecule has 4 rings (SSSR count). The number of hydrogen-bond donors (Lipinski definition) is 3. The van der Waals surface area contributed by atoms with Crippen molar-refractivity contribution in [1.82, 2.24) is 15.5 Å². The number of fused-ring (bicyclic) bond motifs is 1. The minimum Gasteiger partial charge on any atom is -0.390 e. The van der Waals surface area contributed by atoms with E-state index >= 15 is 0 Å². The highest BCUT2D eigenvalue weighted by molar-refractivity contribution is 5.98. The lowest BCUT2D eigenvalue weighted by Crippen LogP contribution is -2.48. The van der Waals surface area contributed by atoms with Gasteiger partial charge in [-0.1, -0.05) is 31.2 Å². The fourth-order valence-corrected chi connectivity index (χ4v) is 4.58. The predicted octanol–water partition coefficient (Wildman–Crippen LogP) is 1.79. The number of ether oxygens (including phenoxy) is 1. The molecule has 0 saturated carbocycles. The van der Waals surface area contributed by atoms with E-state index in [1.54, 1.807) is 24.3 Å². The van der Waals surface area contributed by atoms with Crippen LogP contribution in [0, 0.1) is 0 Å². The number of amides is 2. The molecule has 2 aliphatic rings. The highest BCUT2D eigenvalue weighted by atomic mass is 16.5. The van der Waals surface area contributed by atoms with E-state index in [1.165, 1.54) is 11.1 Å². The summed E-state index contributed by atoms with van der Waals surface area (Å²) in [5.41, 5.74) is 3.75. The second-order valence-corrected chi connectivity index (χ2v) is 8.86. The number of carbonyl (C=O) groups is 2. The Bertz CT molecular complexity index is 937. The van der Waals surface area contributed by atoms with Crippen molar-refractivity contribution in [2.45, 2.75) is 44.4 Å². The van der Waals surface area contributed by atoms with Gasteiger partial charge in [0.05, 0.1) is 25.4 Å². The van der Waals surface area contributed by atoms with Crippen molar-refractivity contribution in [1.29, 1.82) is 0 Å². The van der Waals surface area contributed by atoms with Crippen LogP contribution in [0.1, 0.15) is 45.2 Å². The third-order valence-corrected chi connectivity index (χ3v) is 6.55. The van der Waals surface area contributed by atoms with Crippen LogP contribution in [0.3, 0.4) is 0 Å². The van der Waals surface area contributed by atoms with Gasteiger partial charge in [0, 0.05) is 36.8 Å². The number of carbonyl (C=O) groups excluding carboxylic acids is 2. The highest BCUT2D eigenvalue weighted by Crippen LogP contribution is 2.21. The van der Waals surface area contributed by atoms with Gasteiger partial charge in [-0.05, 0) is 54.7 Å². The second kappa shape index (κ2) is 10.9. The SMILES string of the molecule is CC[C@H]1COCCN1C(=O)c1ccc(C(=O)NCC(O)CNC2Cc3ccccc3C2)cc1. The number of hydrogen-bond acceptors (Lipinski definition) is 5. The third-order valence-electron chi connectivity index (χ3n) is 6.55. The van der Waals surface area contributed by atoms with Gasteiger partial charge < -0.3 is 25.4 Å². The molecule has 2 aromatic carbocycles. The van der Waals surface area contributed by atoms with Crippen molar-refractivity contribution in [2.75, 3.05) is 32.8 Å². The molecule has 1 saturated heterocycles. The molecule has 0 radical (unpaired) electrons. The van der Waals surface area contributed by atoms with E-state index in [0.29, 0.717) is 43.5 Å². The fraction of sp³-hybridized carbons (Fsp3) is 0.462. The lowest BCUT2D eigenvalue weighted by molar-refractivity contribution is -0.00280. The molecule has 0 spiro atoms. The van der Waals surface area contributed by atoms with Crippen LogP contribution in [0.15, 0.2) is 48.5 Å². The van der Waals surface area contributed by atoms with Gasteiger partial charge in [0.1, 0.15) is 0 Å². The van der Waals surface area contributed by atoms with Crippen LogP contribution >= 0.6 is 0 Å². The molecule has 1 fully saturated rings. The summed E-state index contributed by atoms with van der Waals surface area (Å²) in [7, 11) is 0. The molecule has 2 amide bonds. The van der Waals surface area contributed by atoms with Crippen LogP contribution in [0.25, 0.3) is 0 Å². The van der Waals surface area contributed by atoms with Gasteiger partial charge in [-0.3, -0.25) is 9.59 Å². The smallest absolute Gasteiger partial charge is 0.254 e. The van der Waals surface area contributed by atoms with Crippen LogP contribution in [-0.2, 0) is 17.6 Å². The molecule has 1 unspecified atom stereocenters. The summed E-state index contributed by atoms with van der Waals surface area (Å²) in [6.45, 7) is 4.33. The van der Waals surface area contributed by atoms with E-state index in [-0.39, 0.29) is 24.4 Å². The van der Waals surface area contributed by atoms with Gasteiger partial charge in [-0.25, -0.2) is 0 Å². The van der Waals surface area contributed by atoms with E-state index in [4.69, 9.17) is 4.74 Å². The van der Waals surface area contributed by atoms with Crippen molar-refractivity contribution < 1.29 is 19.4 Å². The number of rotatable bonds is 8. The van der Waals surface area contributed by atoms with Crippen LogP contribution in [0.5, 0.6) is 0 Å². The number of nitrogens with zero attached hydrogens (tertiary/aromatic N) is 1. The van der Waals surface area contributed by atoms with Crippen molar-refractivity contribution in [3.63, 3.8) is 0 Å². The molecule has 7 heteroatoms. The van der Waals surface area contributed by atoms with E-state index in [1.807, 2.05) is 11.8 Å². The Hall–Kier alpha value is -2.74. The first-order valence-corrected chi connectivity index (χ1v) is 11.8. The largest absolute Gasteiger partial charge is 0.390 e. The average Bonchev–Trinajstić information content (AvgIpc) is 3.28. The molecular weight excluding hydrogens is 418 g/mol. The predicted molar refractivity (Wildman–Crippen MR) is 126 cm³/mol. The van der Waals surface area contributed by atoms with Gasteiger partial charge in [0.2, 0.25) is 0 Å². The molecule has 0 bridgehead atoms. The highest BCUT2D eigenvalue weighted by Gasteiger charge is 2.27. The number of morpholine rings is 1. The molecule has 33 heavy (non-hydrogen) atoms. The first-order valence-electron chi connectivity index (χ1n) is 11.8. The summed E-state index contributed by atoms with van der Waals surface area (Å²) in [4.78, 5) is 27.2. The molecule has 1 aliphatic carbocycles. The van der Waals surface area contributed by atoms with Gasteiger partial charge in [-0.15, -0.1) is 0 Å². The summed E-state index contributed by atoms with van der Waals surface area (Å²) in [5, 5.41) is 16.5. The van der Waals surface area contributed by atoms with Crippen molar-refractivity contribution in [2.24, 2.45) is 0 Å². The molecular formula is C26H33N3O4. The first kappa shape index (κ1) is 23.4. The zero-order valence-electron chi connectivity index (χ0n) is 19.1. The zero-order chi connectivity index (χ0) is 23.2. The maximum Gasteiger partial charge on any atom is 0.254 e. The number of benzene rings is 2. The summed E-state index contributed by atoms with van der Waals surface area (Å²) >= 11 is 0. The van der Waals surface area contributed by atoms with Crippen molar-refractivity contribution in [3.8, 4) is 0 Å². The van der Waals surface area contributed by atoms with Crippen LogP contribution < -0.4 is 10.6 Å². The van der Waals surface area contributed by atoms with E-state index < -0.39 is 6.10 Å². The molecule has 2 aromatic rings. The maximum absolute atomic E-state index is 12.8. The Morgan fingerprint density at radius 2 is 1.73 bits per heavy atom. The quantitative estimate of drug-likeness (QED) is 0.569. The molecule has 176 valence electrons. The minimum absolute atomic E-state index is 0.0346. The monoisotopic (exact) mass is 451 g/mol. The normalized spacial score (nSPS) is 19.2. The summed E-state index contributed by atoms with van der Waals surface area (Å²) in [6.07, 6.45) is 2.09. The van der Waals surface area contributed by atoms with Gasteiger partial charge >= 0.3 is 0 Å². The molecule has 7 nitrogen and oxygen atoms in total. The van der Waals surface area contributed by atoms with Crippen LogP contribution in [0.2, 0.25) is 0 Å². The molecule has 3 N–H and O–H groups in total. The first-order chi connectivity index (χ1) is 16.0. The number of aliphatic hydroxyl groups excluding tert-OH is 1. The van der Waals surface area contributed by atoms with Crippen LogP contribution in [-0.4, -0.2) is 72.9 Å². The molecule has 1 heterocycles. The van der Waals surface area contributed by atoms with Gasteiger partial charge in [-0.2, -0.15) is 0 Å². The summed E-state index contributed by atoms with van der Waals surface area (Å²) in [6, 6.07) is 15.5. The number of aliphatic hydroxyl groups is 1. The lowest BCUT2D eigenvalue weighted by atomic mass is 10.1. The van der Waals surface area contributed by atoms with E-state index in [2.05, 4.69) is 34.9 Å². The lowest BCUT2D eigenvalue weighted by Gasteiger charge is -2.35. The van der Waals surface area contributed by atoms with E-state index in [0.717, 1.165) is 19.3 Å². The second-order valence-electron chi connectivity index (χ2n) is 8.86. The van der Waals surface area contributed by atoms with Crippen LogP contribution in [0.4, 0.5) is 0 Å². The fourth-order valence-electron chi connectivity index (χ4n) is 4.58. The van der Waals surface area contributed by atoms with Gasteiger partial charge in [0.25, 0.3) is 11.8 Å². The maximum atomic E-state index is 12.8. The summed E-state index contributed by atoms with van der Waals surface area (Å²) < 4.78 is 5.48. The Morgan fingerprint density at radius 3 is 2.39 bits per heavy atom. The third kappa shape index (κ3) is 5.79. The molecule has 1 aliphatic heterocycles. The Morgan fingerprint density at radius 1 is 1.06 bits per heavy atom. The molecule has 2 atom stereocenters.